The quantitative estimate of drug-likeness (QED) is 0.321. The third-order valence-electron chi connectivity index (χ3n) is 8.09. The van der Waals surface area contributed by atoms with E-state index >= 15 is 0 Å². The zero-order valence-corrected chi connectivity index (χ0v) is 23.2. The number of ether oxygens (including phenoxy) is 1. The smallest absolute Gasteiger partial charge is 0.255 e. The third-order valence-corrected chi connectivity index (χ3v) is 8.37. The molecule has 1 unspecified atom stereocenters. The lowest BCUT2D eigenvalue weighted by Crippen LogP contribution is -2.42. The molecule has 11 heteroatoms. The number of aliphatic hydroxyl groups is 2. The van der Waals surface area contributed by atoms with Crippen molar-refractivity contribution in [2.45, 2.75) is 49.9 Å². The van der Waals surface area contributed by atoms with Crippen molar-refractivity contribution in [1.29, 1.82) is 0 Å². The van der Waals surface area contributed by atoms with Crippen molar-refractivity contribution in [1.82, 2.24) is 20.2 Å². The van der Waals surface area contributed by atoms with Crippen LogP contribution in [0, 0.1) is 0 Å². The number of fused-ring (bicyclic) bond motifs is 2. The summed E-state index contributed by atoms with van der Waals surface area (Å²) in [6.07, 6.45) is 3.27. The summed E-state index contributed by atoms with van der Waals surface area (Å²) in [6, 6.07) is 12.2. The molecule has 10 nitrogen and oxygen atoms in total. The number of aromatic nitrogens is 2. The number of amides is 2. The fourth-order valence-corrected chi connectivity index (χ4v) is 6.24. The Morgan fingerprint density at radius 1 is 1.15 bits per heavy atom. The Balaban J connectivity index is 1.22. The third kappa shape index (κ3) is 5.52. The average Bonchev–Trinajstić information content (AvgIpc) is 3.43. The van der Waals surface area contributed by atoms with Gasteiger partial charge in [0.15, 0.2) is 0 Å². The van der Waals surface area contributed by atoms with Gasteiger partial charge in [0.25, 0.3) is 5.91 Å². The molecule has 1 saturated heterocycles. The van der Waals surface area contributed by atoms with E-state index in [0.29, 0.717) is 47.4 Å². The fraction of sp³-hybridized carbons (Fsp3) is 0.400. The standard InChI is InChI=1S/C30H32ClN5O5/c31-23-15-32-30(33-19-8-11-41-12-9-19)35-27(23)18-5-6-21-22(13-18)29(40)36(24(21)7-10-37)16-26(39)34-28-20-4-2-1-3-17(20)14-25(28)38/h1-6,13,15,19,24-25,28,37-38H,7-12,14,16H2,(H,34,39)(H,32,33,35)/t24?,25-,28+/m1/s1. The Labute approximate surface area is 242 Å². The number of halogens is 1. The van der Waals surface area contributed by atoms with Crippen LogP contribution in [-0.2, 0) is 16.0 Å². The van der Waals surface area contributed by atoms with Crippen LogP contribution < -0.4 is 10.6 Å². The molecule has 2 aliphatic heterocycles. The number of hydrogen-bond donors (Lipinski definition) is 4. The SMILES string of the molecule is O=C(CN1C(=O)c2cc(-c3nc(NC4CCOCC4)ncc3Cl)ccc2C1CCO)N[C@H]1c2ccccc2C[C@H]1O. The number of nitrogens with one attached hydrogen (secondary N) is 2. The predicted octanol–water partition coefficient (Wildman–Crippen LogP) is 3.04. The molecule has 2 amide bonds. The normalized spacial score (nSPS) is 22.0. The number of carbonyl (C=O) groups is 2. The highest BCUT2D eigenvalue weighted by atomic mass is 35.5. The number of benzene rings is 2. The molecule has 2 aromatic carbocycles. The van der Waals surface area contributed by atoms with Crippen LogP contribution in [0.15, 0.2) is 48.7 Å². The van der Waals surface area contributed by atoms with Gasteiger partial charge in [-0.2, -0.15) is 0 Å². The van der Waals surface area contributed by atoms with Gasteiger partial charge in [-0.05, 0) is 42.0 Å². The fourth-order valence-electron chi connectivity index (χ4n) is 6.04. The molecule has 1 fully saturated rings. The van der Waals surface area contributed by atoms with E-state index in [2.05, 4.69) is 20.6 Å². The van der Waals surface area contributed by atoms with E-state index in [9.17, 15) is 19.8 Å². The van der Waals surface area contributed by atoms with Crippen LogP contribution in [0.4, 0.5) is 5.95 Å². The number of aliphatic hydroxyl groups excluding tert-OH is 2. The minimum absolute atomic E-state index is 0.148. The molecule has 6 rings (SSSR count). The van der Waals surface area contributed by atoms with Crippen molar-refractivity contribution < 1.29 is 24.5 Å². The Bertz CT molecular complexity index is 1460. The first-order valence-corrected chi connectivity index (χ1v) is 14.3. The molecule has 0 bridgehead atoms. The summed E-state index contributed by atoms with van der Waals surface area (Å²) in [7, 11) is 0. The number of hydrogen-bond acceptors (Lipinski definition) is 8. The average molecular weight is 578 g/mol. The highest BCUT2D eigenvalue weighted by Crippen LogP contribution is 2.39. The maximum atomic E-state index is 13.6. The first-order valence-electron chi connectivity index (χ1n) is 13.9. The summed E-state index contributed by atoms with van der Waals surface area (Å²) >= 11 is 6.49. The van der Waals surface area contributed by atoms with E-state index < -0.39 is 18.2 Å². The van der Waals surface area contributed by atoms with Gasteiger partial charge in [-0.25, -0.2) is 9.97 Å². The van der Waals surface area contributed by atoms with Crippen LogP contribution in [0.1, 0.15) is 58.4 Å². The first-order chi connectivity index (χ1) is 19.9. The van der Waals surface area contributed by atoms with Crippen LogP contribution in [0.5, 0.6) is 0 Å². The molecule has 0 radical (unpaired) electrons. The van der Waals surface area contributed by atoms with Crippen molar-refractivity contribution >= 4 is 29.4 Å². The van der Waals surface area contributed by atoms with Crippen LogP contribution >= 0.6 is 11.6 Å². The highest BCUT2D eigenvalue weighted by Gasteiger charge is 2.39. The second kappa shape index (κ2) is 11.7. The molecule has 3 aromatic rings. The molecule has 3 heterocycles. The van der Waals surface area contributed by atoms with Gasteiger partial charge in [-0.15, -0.1) is 0 Å². The Hall–Kier alpha value is -3.57. The van der Waals surface area contributed by atoms with Crippen molar-refractivity contribution in [3.63, 3.8) is 0 Å². The molecule has 1 aromatic heterocycles. The summed E-state index contributed by atoms with van der Waals surface area (Å²) in [4.78, 5) is 37.3. The second-order valence-electron chi connectivity index (χ2n) is 10.7. The monoisotopic (exact) mass is 577 g/mol. The molecule has 4 N–H and O–H groups in total. The lowest BCUT2D eigenvalue weighted by molar-refractivity contribution is -0.123. The number of carbonyl (C=O) groups excluding carboxylic acids is 2. The van der Waals surface area contributed by atoms with Crippen molar-refractivity contribution in [2.24, 2.45) is 0 Å². The Kier molecular flexibility index (Phi) is 7.90. The summed E-state index contributed by atoms with van der Waals surface area (Å²) in [5.74, 6) is -0.235. The lowest BCUT2D eigenvalue weighted by atomic mass is 9.99. The van der Waals surface area contributed by atoms with E-state index in [1.807, 2.05) is 36.4 Å². The van der Waals surface area contributed by atoms with Crippen molar-refractivity contribution in [3.8, 4) is 11.3 Å². The molecule has 214 valence electrons. The summed E-state index contributed by atoms with van der Waals surface area (Å²) in [5, 5.41) is 27.0. The van der Waals surface area contributed by atoms with Gasteiger partial charge in [0.1, 0.15) is 6.54 Å². The number of rotatable bonds is 8. The zero-order valence-electron chi connectivity index (χ0n) is 22.4. The van der Waals surface area contributed by atoms with Crippen LogP contribution in [0.25, 0.3) is 11.3 Å². The second-order valence-corrected chi connectivity index (χ2v) is 11.1. The molecule has 3 atom stereocenters. The minimum atomic E-state index is -0.734. The maximum Gasteiger partial charge on any atom is 0.255 e. The van der Waals surface area contributed by atoms with E-state index in [4.69, 9.17) is 16.3 Å². The first kappa shape index (κ1) is 27.6. The topological polar surface area (TPSA) is 137 Å². The van der Waals surface area contributed by atoms with Crippen molar-refractivity contribution in [3.05, 3.63) is 75.9 Å². The zero-order chi connectivity index (χ0) is 28.5. The van der Waals surface area contributed by atoms with Crippen molar-refractivity contribution in [2.75, 3.05) is 31.7 Å². The molecule has 41 heavy (non-hydrogen) atoms. The van der Waals surface area contributed by atoms with Gasteiger partial charge in [0.05, 0.1) is 35.1 Å². The Morgan fingerprint density at radius 3 is 2.76 bits per heavy atom. The van der Waals surface area contributed by atoms with Gasteiger partial charge in [-0.3, -0.25) is 9.59 Å². The van der Waals surface area contributed by atoms with E-state index in [0.717, 1.165) is 29.5 Å². The van der Waals surface area contributed by atoms with Crippen LogP contribution in [0.3, 0.4) is 0 Å². The minimum Gasteiger partial charge on any atom is -0.396 e. The summed E-state index contributed by atoms with van der Waals surface area (Å²) < 4.78 is 5.42. The molecule has 1 aliphatic carbocycles. The Morgan fingerprint density at radius 2 is 1.95 bits per heavy atom. The predicted molar refractivity (Wildman–Crippen MR) is 152 cm³/mol. The van der Waals surface area contributed by atoms with Gasteiger partial charge in [0.2, 0.25) is 11.9 Å². The molecule has 0 spiro atoms. The van der Waals surface area contributed by atoms with E-state index in [1.54, 1.807) is 12.3 Å². The van der Waals surface area contributed by atoms with Gasteiger partial charge in [0, 0.05) is 43.4 Å². The molecular formula is C30H32ClN5O5. The van der Waals surface area contributed by atoms with E-state index in [-0.39, 0.29) is 37.4 Å². The molecule has 0 saturated carbocycles. The van der Waals surface area contributed by atoms with Crippen LogP contribution in [-0.4, -0.2) is 75.4 Å². The maximum absolute atomic E-state index is 13.6. The van der Waals surface area contributed by atoms with Gasteiger partial charge in [-0.1, -0.05) is 48.0 Å². The number of nitrogens with zero attached hydrogens (tertiary/aromatic N) is 3. The summed E-state index contributed by atoms with van der Waals surface area (Å²) in [5.41, 5.74) is 4.20. The lowest BCUT2D eigenvalue weighted by Gasteiger charge is -2.26. The largest absolute Gasteiger partial charge is 0.396 e. The molecule has 3 aliphatic rings. The van der Waals surface area contributed by atoms with E-state index in [1.165, 1.54) is 4.90 Å². The number of anilines is 1. The molecular weight excluding hydrogens is 546 g/mol. The van der Waals surface area contributed by atoms with Gasteiger partial charge < -0.3 is 30.5 Å². The summed E-state index contributed by atoms with van der Waals surface area (Å²) in [6.45, 7) is 1.02. The highest BCUT2D eigenvalue weighted by molar-refractivity contribution is 6.33. The van der Waals surface area contributed by atoms with Crippen LogP contribution in [0.2, 0.25) is 5.02 Å². The van der Waals surface area contributed by atoms with Gasteiger partial charge >= 0.3 is 0 Å².